The van der Waals surface area contributed by atoms with Crippen LogP contribution in [0, 0.1) is 25.2 Å². The molecule has 0 saturated heterocycles. The molecule has 2 aromatic rings. The Kier molecular flexibility index (Phi) is 3.15. The molecule has 1 aliphatic heterocycles. The molecular formula is C17H17N3. The van der Waals surface area contributed by atoms with Crippen molar-refractivity contribution >= 4 is 11.5 Å². The van der Waals surface area contributed by atoms with Crippen molar-refractivity contribution in [1.82, 2.24) is 4.98 Å². The van der Waals surface area contributed by atoms with E-state index in [0.29, 0.717) is 5.56 Å². The smallest absolute Gasteiger partial charge is 0.151 e. The lowest BCUT2D eigenvalue weighted by atomic mass is 9.99. The monoisotopic (exact) mass is 263 g/mol. The molecular weight excluding hydrogens is 246 g/mol. The Bertz CT molecular complexity index is 698. The summed E-state index contributed by atoms with van der Waals surface area (Å²) in [5.74, 6) is 0.789. The van der Waals surface area contributed by atoms with E-state index in [4.69, 9.17) is 0 Å². The summed E-state index contributed by atoms with van der Waals surface area (Å²) in [6.07, 6.45) is 2.19. The highest BCUT2D eigenvalue weighted by molar-refractivity contribution is 5.70. The number of rotatable bonds is 1. The average Bonchev–Trinajstić information content (AvgIpc) is 2.46. The summed E-state index contributed by atoms with van der Waals surface area (Å²) in [7, 11) is 0. The van der Waals surface area contributed by atoms with E-state index in [1.54, 1.807) is 0 Å². The zero-order valence-corrected chi connectivity index (χ0v) is 11.8. The fourth-order valence-electron chi connectivity index (χ4n) is 2.78. The first-order chi connectivity index (χ1) is 9.69. The van der Waals surface area contributed by atoms with Gasteiger partial charge >= 0.3 is 0 Å². The maximum absolute atomic E-state index is 9.32. The first kappa shape index (κ1) is 12.7. The van der Waals surface area contributed by atoms with Crippen molar-refractivity contribution in [2.75, 3.05) is 11.4 Å². The summed E-state index contributed by atoms with van der Waals surface area (Å²) in [4.78, 5) is 6.78. The SMILES string of the molecule is Cc1ccc2c(c1)CCCN2c1nc(C)ccc1C#N. The van der Waals surface area contributed by atoms with E-state index in [9.17, 15) is 5.26 Å². The van der Waals surface area contributed by atoms with Gasteiger partial charge in [0.2, 0.25) is 0 Å². The number of pyridine rings is 1. The van der Waals surface area contributed by atoms with Crippen LogP contribution < -0.4 is 4.90 Å². The largest absolute Gasteiger partial charge is 0.325 e. The average molecular weight is 263 g/mol. The summed E-state index contributed by atoms with van der Waals surface area (Å²) in [6, 6.07) is 12.5. The Morgan fingerprint density at radius 2 is 2.05 bits per heavy atom. The van der Waals surface area contributed by atoms with Gasteiger partial charge in [0.05, 0.1) is 5.56 Å². The number of hydrogen-bond acceptors (Lipinski definition) is 3. The minimum absolute atomic E-state index is 0.643. The molecule has 1 aromatic heterocycles. The molecule has 2 heterocycles. The Morgan fingerprint density at radius 3 is 2.85 bits per heavy atom. The predicted octanol–water partition coefficient (Wildman–Crippen LogP) is 3.65. The molecule has 0 spiro atoms. The van der Waals surface area contributed by atoms with Crippen LogP contribution in [0.25, 0.3) is 0 Å². The maximum Gasteiger partial charge on any atom is 0.151 e. The van der Waals surface area contributed by atoms with Crippen molar-refractivity contribution in [2.24, 2.45) is 0 Å². The van der Waals surface area contributed by atoms with Gasteiger partial charge in [0, 0.05) is 17.9 Å². The van der Waals surface area contributed by atoms with Crippen molar-refractivity contribution in [3.05, 3.63) is 52.7 Å². The second-order valence-corrected chi connectivity index (χ2v) is 5.32. The lowest BCUT2D eigenvalue weighted by molar-refractivity contribution is 0.757. The van der Waals surface area contributed by atoms with Gasteiger partial charge in [-0.15, -0.1) is 0 Å². The standard InChI is InChI=1S/C17H17N3/c1-12-5-8-16-14(10-12)4-3-9-20(16)17-15(11-18)7-6-13(2)19-17/h5-8,10H,3-4,9H2,1-2H3. The van der Waals surface area contributed by atoms with Crippen LogP contribution in [0.15, 0.2) is 30.3 Å². The first-order valence-corrected chi connectivity index (χ1v) is 6.94. The molecule has 0 N–H and O–H groups in total. The van der Waals surface area contributed by atoms with E-state index in [2.05, 4.69) is 41.1 Å². The Hall–Kier alpha value is -2.34. The molecule has 0 amide bonds. The van der Waals surface area contributed by atoms with Crippen LogP contribution >= 0.6 is 0 Å². The third-order valence-corrected chi connectivity index (χ3v) is 3.74. The number of anilines is 2. The van der Waals surface area contributed by atoms with E-state index < -0.39 is 0 Å². The lowest BCUT2D eigenvalue weighted by Gasteiger charge is -2.31. The predicted molar refractivity (Wildman–Crippen MR) is 80.2 cm³/mol. The zero-order chi connectivity index (χ0) is 14.1. The molecule has 0 aliphatic carbocycles. The van der Waals surface area contributed by atoms with Crippen LogP contribution in [0.4, 0.5) is 11.5 Å². The summed E-state index contributed by atoms with van der Waals surface area (Å²) in [5, 5.41) is 9.32. The summed E-state index contributed by atoms with van der Waals surface area (Å²) >= 11 is 0. The Morgan fingerprint density at radius 1 is 1.20 bits per heavy atom. The topological polar surface area (TPSA) is 39.9 Å². The number of aryl methyl sites for hydroxylation is 3. The van der Waals surface area contributed by atoms with Gasteiger partial charge < -0.3 is 4.90 Å². The van der Waals surface area contributed by atoms with E-state index in [1.165, 1.54) is 16.8 Å². The van der Waals surface area contributed by atoms with Gasteiger partial charge in [0.25, 0.3) is 0 Å². The molecule has 1 aliphatic rings. The molecule has 0 fully saturated rings. The molecule has 0 atom stereocenters. The highest BCUT2D eigenvalue weighted by Gasteiger charge is 2.21. The maximum atomic E-state index is 9.32. The number of nitriles is 1. The minimum atomic E-state index is 0.643. The molecule has 3 nitrogen and oxygen atoms in total. The number of benzene rings is 1. The van der Waals surface area contributed by atoms with E-state index in [1.807, 2.05) is 19.1 Å². The molecule has 1 aromatic carbocycles. The summed E-state index contributed by atoms with van der Waals surface area (Å²) in [5.41, 5.74) is 5.41. The van der Waals surface area contributed by atoms with Gasteiger partial charge in [-0.1, -0.05) is 17.7 Å². The molecule has 0 unspecified atom stereocenters. The minimum Gasteiger partial charge on any atom is -0.325 e. The van der Waals surface area contributed by atoms with Gasteiger partial charge in [-0.3, -0.25) is 0 Å². The van der Waals surface area contributed by atoms with Gasteiger partial charge in [-0.05, 0) is 50.5 Å². The van der Waals surface area contributed by atoms with Crippen LogP contribution in [-0.4, -0.2) is 11.5 Å². The van der Waals surface area contributed by atoms with E-state index >= 15 is 0 Å². The second kappa shape index (κ2) is 4.97. The molecule has 20 heavy (non-hydrogen) atoms. The van der Waals surface area contributed by atoms with Crippen LogP contribution in [0.2, 0.25) is 0 Å². The van der Waals surface area contributed by atoms with Crippen LogP contribution in [0.1, 0.15) is 28.8 Å². The third-order valence-electron chi connectivity index (χ3n) is 3.74. The summed E-state index contributed by atoms with van der Waals surface area (Å²) in [6.45, 7) is 5.00. The van der Waals surface area contributed by atoms with Gasteiger partial charge in [0.15, 0.2) is 5.82 Å². The lowest BCUT2D eigenvalue weighted by Crippen LogP contribution is -2.26. The Balaban J connectivity index is 2.14. The number of fused-ring (bicyclic) bond motifs is 1. The van der Waals surface area contributed by atoms with Gasteiger partial charge in [0.1, 0.15) is 6.07 Å². The molecule has 3 rings (SSSR count). The molecule has 100 valence electrons. The number of hydrogen-bond donors (Lipinski definition) is 0. The van der Waals surface area contributed by atoms with Crippen LogP contribution in [-0.2, 0) is 6.42 Å². The zero-order valence-electron chi connectivity index (χ0n) is 11.8. The molecule has 0 radical (unpaired) electrons. The second-order valence-electron chi connectivity index (χ2n) is 5.32. The number of nitrogens with zero attached hydrogens (tertiary/aromatic N) is 3. The van der Waals surface area contributed by atoms with Crippen molar-refractivity contribution in [3.63, 3.8) is 0 Å². The highest BCUT2D eigenvalue weighted by Crippen LogP contribution is 2.34. The van der Waals surface area contributed by atoms with Crippen LogP contribution in [0.3, 0.4) is 0 Å². The fourth-order valence-corrected chi connectivity index (χ4v) is 2.78. The van der Waals surface area contributed by atoms with E-state index in [0.717, 1.165) is 30.9 Å². The quantitative estimate of drug-likeness (QED) is 0.788. The third kappa shape index (κ3) is 2.14. The normalized spacial score (nSPS) is 13.8. The first-order valence-electron chi connectivity index (χ1n) is 6.94. The van der Waals surface area contributed by atoms with Crippen molar-refractivity contribution in [2.45, 2.75) is 26.7 Å². The molecule has 3 heteroatoms. The Labute approximate surface area is 119 Å². The van der Waals surface area contributed by atoms with E-state index in [-0.39, 0.29) is 0 Å². The van der Waals surface area contributed by atoms with Gasteiger partial charge in [-0.2, -0.15) is 5.26 Å². The molecule has 0 saturated carbocycles. The molecule has 0 bridgehead atoms. The van der Waals surface area contributed by atoms with Crippen molar-refractivity contribution < 1.29 is 0 Å². The van der Waals surface area contributed by atoms with Crippen molar-refractivity contribution in [3.8, 4) is 6.07 Å². The van der Waals surface area contributed by atoms with Gasteiger partial charge in [-0.25, -0.2) is 4.98 Å². The summed E-state index contributed by atoms with van der Waals surface area (Å²) < 4.78 is 0. The van der Waals surface area contributed by atoms with Crippen LogP contribution in [0.5, 0.6) is 0 Å². The van der Waals surface area contributed by atoms with Crippen molar-refractivity contribution in [1.29, 1.82) is 5.26 Å². The highest BCUT2D eigenvalue weighted by atomic mass is 15.2. The number of aromatic nitrogens is 1. The fraction of sp³-hybridized carbons (Fsp3) is 0.294.